The van der Waals surface area contributed by atoms with Gasteiger partial charge in [-0.1, -0.05) is 56.3 Å². The molecule has 1 aromatic heterocycles. The second-order valence-corrected chi connectivity index (χ2v) is 7.79. The molecule has 0 spiro atoms. The highest BCUT2D eigenvalue weighted by Crippen LogP contribution is 2.26. The summed E-state index contributed by atoms with van der Waals surface area (Å²) in [6, 6.07) is 18.2. The van der Waals surface area contributed by atoms with Crippen LogP contribution in [0.15, 0.2) is 54.6 Å². The molecule has 0 fully saturated rings. The van der Waals surface area contributed by atoms with E-state index in [1.807, 2.05) is 31.2 Å². The zero-order chi connectivity index (χ0) is 20.4. The molecule has 2 aromatic carbocycles. The monoisotopic (exact) mass is 386 g/mol. The van der Waals surface area contributed by atoms with Crippen molar-refractivity contribution in [2.75, 3.05) is 16.8 Å². The number of nitrogens with zero attached hydrogens (tertiary/aromatic N) is 3. The molecule has 0 bridgehead atoms. The number of carbonyl (C=O) groups is 1. The molecule has 0 saturated carbocycles. The summed E-state index contributed by atoms with van der Waals surface area (Å²) in [6.07, 6.45) is 0.975. The maximum Gasteiger partial charge on any atom is 0.274 e. The number of para-hydroxylation sites is 1. The first kappa shape index (κ1) is 19.1. The van der Waals surface area contributed by atoms with E-state index in [0.29, 0.717) is 17.4 Å². The van der Waals surface area contributed by atoms with E-state index in [4.69, 9.17) is 0 Å². The number of fused-ring (bicyclic) bond motifs is 1. The molecular weight excluding hydrogens is 360 g/mol. The molecule has 0 radical (unpaired) electrons. The predicted octanol–water partition coefficient (Wildman–Crippen LogP) is 4.72. The quantitative estimate of drug-likeness (QED) is 0.705. The van der Waals surface area contributed by atoms with E-state index < -0.39 is 0 Å². The average Bonchev–Trinajstić information content (AvgIpc) is 2.73. The van der Waals surface area contributed by atoms with Gasteiger partial charge in [0, 0.05) is 24.8 Å². The van der Waals surface area contributed by atoms with Crippen molar-refractivity contribution in [3.05, 3.63) is 82.8 Å². The molecule has 0 saturated heterocycles. The van der Waals surface area contributed by atoms with Crippen molar-refractivity contribution in [2.24, 2.45) is 0 Å². The molecule has 2 heterocycles. The van der Waals surface area contributed by atoms with E-state index in [-0.39, 0.29) is 5.91 Å². The Morgan fingerprint density at radius 1 is 1.03 bits per heavy atom. The molecule has 1 aliphatic rings. The van der Waals surface area contributed by atoms with Gasteiger partial charge in [0.2, 0.25) is 0 Å². The van der Waals surface area contributed by atoms with Gasteiger partial charge in [0.25, 0.3) is 5.91 Å². The van der Waals surface area contributed by atoms with E-state index in [0.717, 1.165) is 36.6 Å². The van der Waals surface area contributed by atoms with Crippen LogP contribution in [0.2, 0.25) is 0 Å². The van der Waals surface area contributed by atoms with Gasteiger partial charge >= 0.3 is 0 Å². The Labute approximate surface area is 171 Å². The molecule has 5 nitrogen and oxygen atoms in total. The Hall–Kier alpha value is -3.21. The van der Waals surface area contributed by atoms with Gasteiger partial charge in [-0.3, -0.25) is 4.79 Å². The number of carbonyl (C=O) groups excluding carboxylic acids is 1. The Kier molecular flexibility index (Phi) is 5.30. The highest BCUT2D eigenvalue weighted by atomic mass is 16.1. The molecule has 29 heavy (non-hydrogen) atoms. The molecule has 0 aliphatic carbocycles. The summed E-state index contributed by atoms with van der Waals surface area (Å²) in [5.41, 5.74) is 5.03. The van der Waals surface area contributed by atoms with Crippen LogP contribution in [0.25, 0.3) is 0 Å². The van der Waals surface area contributed by atoms with Crippen LogP contribution in [-0.4, -0.2) is 22.4 Å². The maximum absolute atomic E-state index is 13.0. The first-order valence-corrected chi connectivity index (χ1v) is 10.1. The predicted molar refractivity (Wildman–Crippen MR) is 116 cm³/mol. The normalized spacial score (nSPS) is 13.3. The van der Waals surface area contributed by atoms with Gasteiger partial charge in [-0.05, 0) is 42.0 Å². The van der Waals surface area contributed by atoms with Crippen molar-refractivity contribution < 1.29 is 4.79 Å². The highest BCUT2D eigenvalue weighted by molar-refractivity contribution is 6.03. The minimum Gasteiger partial charge on any atom is -0.352 e. The zero-order valence-electron chi connectivity index (χ0n) is 17.1. The Morgan fingerprint density at radius 3 is 2.55 bits per heavy atom. The van der Waals surface area contributed by atoms with Crippen LogP contribution in [0, 0.1) is 6.92 Å². The number of hydrogen-bond donors (Lipinski definition) is 1. The summed E-state index contributed by atoms with van der Waals surface area (Å²) < 4.78 is 0. The summed E-state index contributed by atoms with van der Waals surface area (Å²) in [7, 11) is 0. The van der Waals surface area contributed by atoms with Crippen LogP contribution in [0.1, 0.15) is 52.8 Å². The molecule has 1 aliphatic heterocycles. The largest absolute Gasteiger partial charge is 0.352 e. The lowest BCUT2D eigenvalue weighted by atomic mass is 10.00. The number of aryl methyl sites for hydroxylation is 1. The van der Waals surface area contributed by atoms with Crippen molar-refractivity contribution in [1.29, 1.82) is 0 Å². The fraction of sp³-hybridized carbons (Fsp3) is 0.292. The Balaban J connectivity index is 1.58. The third-order valence-electron chi connectivity index (χ3n) is 5.34. The van der Waals surface area contributed by atoms with Gasteiger partial charge in [-0.25, -0.2) is 9.97 Å². The van der Waals surface area contributed by atoms with Crippen LogP contribution in [0.4, 0.5) is 11.5 Å². The van der Waals surface area contributed by atoms with Gasteiger partial charge in [-0.15, -0.1) is 0 Å². The van der Waals surface area contributed by atoms with Gasteiger partial charge in [0.05, 0.1) is 0 Å². The van der Waals surface area contributed by atoms with Crippen LogP contribution < -0.4 is 10.2 Å². The summed E-state index contributed by atoms with van der Waals surface area (Å²) in [5.74, 6) is 1.52. The number of hydrogen-bond acceptors (Lipinski definition) is 4. The molecule has 1 N–H and O–H groups in total. The van der Waals surface area contributed by atoms with Crippen molar-refractivity contribution in [2.45, 2.75) is 39.7 Å². The van der Waals surface area contributed by atoms with E-state index in [1.165, 1.54) is 11.1 Å². The second-order valence-electron chi connectivity index (χ2n) is 7.79. The first-order chi connectivity index (χ1) is 14.0. The Bertz CT molecular complexity index is 1040. The van der Waals surface area contributed by atoms with Gasteiger partial charge in [0.15, 0.2) is 0 Å². The molecule has 4 rings (SSSR count). The lowest BCUT2D eigenvalue weighted by Gasteiger charge is -2.30. The summed E-state index contributed by atoms with van der Waals surface area (Å²) in [5, 5.41) is 3.03. The van der Waals surface area contributed by atoms with E-state index in [9.17, 15) is 4.79 Å². The fourth-order valence-corrected chi connectivity index (χ4v) is 3.82. The lowest BCUT2D eigenvalue weighted by Crippen LogP contribution is -2.31. The van der Waals surface area contributed by atoms with Gasteiger partial charge < -0.3 is 10.2 Å². The minimum atomic E-state index is -0.206. The third kappa shape index (κ3) is 4.14. The molecule has 0 atom stereocenters. The van der Waals surface area contributed by atoms with Crippen molar-refractivity contribution in [3.63, 3.8) is 0 Å². The molecule has 1 amide bonds. The summed E-state index contributed by atoms with van der Waals surface area (Å²) >= 11 is 0. The lowest BCUT2D eigenvalue weighted by molar-refractivity contribution is 0.102. The van der Waals surface area contributed by atoms with Crippen molar-refractivity contribution in [3.8, 4) is 0 Å². The number of amides is 1. The van der Waals surface area contributed by atoms with E-state index in [1.54, 1.807) is 6.07 Å². The van der Waals surface area contributed by atoms with Gasteiger partial charge in [-0.2, -0.15) is 0 Å². The van der Waals surface area contributed by atoms with Crippen LogP contribution in [-0.2, 0) is 13.0 Å². The minimum absolute atomic E-state index is 0.206. The second kappa shape index (κ2) is 8.03. The molecule has 148 valence electrons. The van der Waals surface area contributed by atoms with Crippen LogP contribution in [0.5, 0.6) is 0 Å². The van der Waals surface area contributed by atoms with Crippen molar-refractivity contribution >= 4 is 17.4 Å². The molecular formula is C24H26N4O. The third-order valence-corrected chi connectivity index (χ3v) is 5.34. The summed E-state index contributed by atoms with van der Waals surface area (Å²) in [6.45, 7) is 7.74. The average molecular weight is 386 g/mol. The number of anilines is 2. The molecule has 3 aromatic rings. The topological polar surface area (TPSA) is 58.1 Å². The smallest absolute Gasteiger partial charge is 0.274 e. The van der Waals surface area contributed by atoms with E-state index >= 15 is 0 Å². The van der Waals surface area contributed by atoms with E-state index in [2.05, 4.69) is 58.3 Å². The van der Waals surface area contributed by atoms with Crippen LogP contribution >= 0.6 is 0 Å². The maximum atomic E-state index is 13.0. The standard InChI is InChI=1S/C24H26N4O/c1-16(2)20-10-6-7-11-21(20)27-24(29)22-14-23(26-17(3)25-22)28-13-12-18-8-4-5-9-19(18)15-28/h4-11,14,16H,12-13,15H2,1-3H3,(H,27,29). The molecule has 0 unspecified atom stereocenters. The van der Waals surface area contributed by atoms with Gasteiger partial charge in [0.1, 0.15) is 17.3 Å². The fourth-order valence-electron chi connectivity index (χ4n) is 3.82. The Morgan fingerprint density at radius 2 is 1.76 bits per heavy atom. The number of benzene rings is 2. The SMILES string of the molecule is Cc1nc(C(=O)Nc2ccccc2C(C)C)cc(N2CCc3ccccc3C2)n1. The molecule has 5 heteroatoms. The zero-order valence-corrected chi connectivity index (χ0v) is 17.1. The summed E-state index contributed by atoms with van der Waals surface area (Å²) in [4.78, 5) is 24.2. The van der Waals surface area contributed by atoms with Crippen molar-refractivity contribution in [1.82, 2.24) is 9.97 Å². The number of nitrogens with one attached hydrogen (secondary N) is 1. The first-order valence-electron chi connectivity index (χ1n) is 10.1. The van der Waals surface area contributed by atoms with Crippen LogP contribution in [0.3, 0.4) is 0 Å². The number of rotatable bonds is 4. The number of aromatic nitrogens is 2. The highest BCUT2D eigenvalue weighted by Gasteiger charge is 2.20.